The second kappa shape index (κ2) is 12.6. The first-order valence-corrected chi connectivity index (χ1v) is 15.0. The van der Waals surface area contributed by atoms with Crippen molar-refractivity contribution < 1.29 is 28.3 Å². The molecule has 0 aliphatic carbocycles. The molecule has 2 saturated heterocycles. The third-order valence-corrected chi connectivity index (χ3v) is 8.72. The van der Waals surface area contributed by atoms with Gasteiger partial charge in [-0.25, -0.2) is 13.8 Å². The van der Waals surface area contributed by atoms with Gasteiger partial charge in [-0.2, -0.15) is 5.10 Å². The maximum absolute atomic E-state index is 15.2. The Balaban J connectivity index is 1.11. The van der Waals surface area contributed by atoms with Crippen molar-refractivity contribution in [3.8, 4) is 22.4 Å². The van der Waals surface area contributed by atoms with Gasteiger partial charge in [0.15, 0.2) is 17.5 Å². The Kier molecular flexibility index (Phi) is 8.59. The number of β-amino-alcohol motifs (C(OH)–C–C–N with tert-alkyl or cyclic N) is 1. The number of anilines is 1. The fraction of sp³-hybridized carbons (Fsp3) is 0.323. The summed E-state index contributed by atoms with van der Waals surface area (Å²) in [5.74, 6) is -3.20. The number of amides is 3. The lowest BCUT2D eigenvalue weighted by molar-refractivity contribution is -0.134. The topological polar surface area (TPSA) is 148 Å². The van der Waals surface area contributed by atoms with Gasteiger partial charge in [-0.05, 0) is 37.6 Å². The summed E-state index contributed by atoms with van der Waals surface area (Å²) in [6.45, 7) is 3.46. The first-order valence-electron chi connectivity index (χ1n) is 14.6. The predicted molar refractivity (Wildman–Crippen MR) is 165 cm³/mol. The Bertz CT molecular complexity index is 1830. The van der Waals surface area contributed by atoms with Gasteiger partial charge in [-0.1, -0.05) is 17.7 Å². The summed E-state index contributed by atoms with van der Waals surface area (Å²) in [5.41, 5.74) is 1.75. The van der Waals surface area contributed by atoms with E-state index in [1.807, 2.05) is 0 Å². The van der Waals surface area contributed by atoms with E-state index in [1.165, 1.54) is 54.3 Å². The van der Waals surface area contributed by atoms with E-state index in [1.54, 1.807) is 16.7 Å². The second-order valence-corrected chi connectivity index (χ2v) is 11.7. The number of aryl methyl sites for hydroxylation is 1. The number of H-pyrrole nitrogens is 1. The van der Waals surface area contributed by atoms with E-state index in [0.717, 1.165) is 0 Å². The Hall–Kier alpha value is -4.66. The molecule has 0 radical (unpaired) electrons. The predicted octanol–water partition coefficient (Wildman–Crippen LogP) is 2.98. The van der Waals surface area contributed by atoms with E-state index in [0.29, 0.717) is 56.1 Å². The van der Waals surface area contributed by atoms with Crippen LogP contribution in [-0.2, 0) is 11.8 Å². The summed E-state index contributed by atoms with van der Waals surface area (Å²) in [6.07, 6.45) is 2.54. The Morgan fingerprint density at radius 1 is 1.00 bits per heavy atom. The molecule has 0 bridgehead atoms. The number of aromatic amines is 1. The van der Waals surface area contributed by atoms with Crippen LogP contribution < -0.4 is 10.6 Å². The standard InChI is InChI=1S/C31H31ClF2N8O4/c1-16-22(14-37-39-16)19-5-6-21(27(34)26(19)33)25-15-36-28(40(25)2)29(44)38-17-3-4-20(23(32)11-17)30(45)41-7-9-42(10-8-41)31(46)24-12-18(43)13-35-24/h3-6,11,14-15,18,24,35,43H,7-10,12-13H2,1-2H3,(H,37,39)(H,38,44)/t18-,24+/m1/s1. The Labute approximate surface area is 267 Å². The number of hydrogen-bond donors (Lipinski definition) is 4. The number of carbonyl (C=O) groups excluding carboxylic acids is 3. The number of aliphatic hydroxyl groups is 1. The highest BCUT2D eigenvalue weighted by molar-refractivity contribution is 6.34. The van der Waals surface area contributed by atoms with E-state index in [9.17, 15) is 19.5 Å². The van der Waals surface area contributed by atoms with Crippen LogP contribution in [0.5, 0.6) is 0 Å². The first-order chi connectivity index (χ1) is 22.0. The molecule has 2 aliphatic rings. The van der Waals surface area contributed by atoms with Gasteiger partial charge in [0.1, 0.15) is 0 Å². The van der Waals surface area contributed by atoms with Crippen LogP contribution in [0.25, 0.3) is 22.4 Å². The van der Waals surface area contributed by atoms with Crippen molar-refractivity contribution in [1.29, 1.82) is 0 Å². The summed E-state index contributed by atoms with van der Waals surface area (Å²) >= 11 is 6.46. The molecule has 240 valence electrons. The molecule has 2 aromatic heterocycles. The molecule has 0 unspecified atom stereocenters. The van der Waals surface area contributed by atoms with Gasteiger partial charge >= 0.3 is 0 Å². The van der Waals surface area contributed by atoms with Gasteiger partial charge < -0.3 is 30.1 Å². The van der Waals surface area contributed by atoms with Crippen LogP contribution >= 0.6 is 11.6 Å². The number of piperazine rings is 1. The first kappa shape index (κ1) is 31.3. The minimum absolute atomic E-state index is 0.0576. The molecule has 2 atom stereocenters. The van der Waals surface area contributed by atoms with E-state index in [4.69, 9.17) is 11.6 Å². The van der Waals surface area contributed by atoms with Gasteiger partial charge in [-0.15, -0.1) is 0 Å². The quantitative estimate of drug-likeness (QED) is 0.250. The highest BCUT2D eigenvalue weighted by Crippen LogP contribution is 2.32. The molecule has 4 heterocycles. The monoisotopic (exact) mass is 652 g/mol. The van der Waals surface area contributed by atoms with Crippen LogP contribution in [0, 0.1) is 18.6 Å². The highest BCUT2D eigenvalue weighted by Gasteiger charge is 2.34. The molecule has 2 fully saturated rings. The zero-order valence-electron chi connectivity index (χ0n) is 25.0. The van der Waals surface area contributed by atoms with Gasteiger partial charge in [-0.3, -0.25) is 19.5 Å². The summed E-state index contributed by atoms with van der Waals surface area (Å²) in [6, 6.07) is 6.93. The van der Waals surface area contributed by atoms with Gasteiger partial charge in [0, 0.05) is 67.8 Å². The third-order valence-electron chi connectivity index (χ3n) is 8.41. The van der Waals surface area contributed by atoms with E-state index >= 15 is 8.78 Å². The molecule has 4 N–H and O–H groups in total. The van der Waals surface area contributed by atoms with Crippen molar-refractivity contribution in [2.24, 2.45) is 7.05 Å². The summed E-state index contributed by atoms with van der Waals surface area (Å²) in [5, 5.41) is 22.1. The van der Waals surface area contributed by atoms with Crippen LogP contribution in [0.3, 0.4) is 0 Å². The SMILES string of the molecule is Cc1[nH]ncc1-c1ccc(-c2cnc(C(=O)Nc3ccc(C(=O)N4CCN(C(=O)[C@@H]5C[C@@H](O)CN5)CC4)c(Cl)c3)n2C)c(F)c1F. The maximum Gasteiger partial charge on any atom is 0.291 e. The largest absolute Gasteiger partial charge is 0.392 e. The molecule has 3 amide bonds. The number of rotatable bonds is 6. The zero-order valence-corrected chi connectivity index (χ0v) is 25.7. The number of carbonyl (C=O) groups is 3. The second-order valence-electron chi connectivity index (χ2n) is 11.3. The molecule has 2 aliphatic heterocycles. The lowest BCUT2D eigenvalue weighted by atomic mass is 10.0. The lowest BCUT2D eigenvalue weighted by Gasteiger charge is -2.36. The van der Waals surface area contributed by atoms with E-state index in [-0.39, 0.29) is 45.0 Å². The Morgan fingerprint density at radius 2 is 1.70 bits per heavy atom. The van der Waals surface area contributed by atoms with Crippen molar-refractivity contribution in [1.82, 2.24) is 34.9 Å². The van der Waals surface area contributed by atoms with Crippen molar-refractivity contribution in [3.05, 3.63) is 76.5 Å². The number of hydrogen-bond acceptors (Lipinski definition) is 7. The van der Waals surface area contributed by atoms with Crippen LogP contribution in [0.15, 0.2) is 42.7 Å². The highest BCUT2D eigenvalue weighted by atomic mass is 35.5. The van der Waals surface area contributed by atoms with Crippen LogP contribution in [0.4, 0.5) is 14.5 Å². The van der Waals surface area contributed by atoms with Gasteiger partial charge in [0.2, 0.25) is 5.91 Å². The number of halogens is 3. The zero-order chi connectivity index (χ0) is 32.7. The number of imidazole rings is 1. The number of aliphatic hydroxyl groups excluding tert-OH is 1. The molecule has 6 rings (SSSR count). The molecular weight excluding hydrogens is 622 g/mol. The fourth-order valence-electron chi connectivity index (χ4n) is 5.83. The number of nitrogens with one attached hydrogen (secondary N) is 3. The molecule has 12 nitrogen and oxygen atoms in total. The average Bonchev–Trinajstić information content (AvgIpc) is 3.78. The van der Waals surface area contributed by atoms with E-state index in [2.05, 4.69) is 25.8 Å². The maximum atomic E-state index is 15.2. The summed E-state index contributed by atoms with van der Waals surface area (Å²) < 4.78 is 31.6. The molecule has 0 spiro atoms. The number of benzene rings is 2. The summed E-state index contributed by atoms with van der Waals surface area (Å²) in [7, 11) is 1.51. The summed E-state index contributed by atoms with van der Waals surface area (Å²) in [4.78, 5) is 46.5. The molecule has 15 heteroatoms. The molecule has 0 saturated carbocycles. The molecule has 4 aromatic rings. The number of aromatic nitrogens is 4. The average molecular weight is 653 g/mol. The number of nitrogens with zero attached hydrogens (tertiary/aromatic N) is 5. The van der Waals surface area contributed by atoms with Crippen molar-refractivity contribution in [2.75, 3.05) is 38.0 Å². The van der Waals surface area contributed by atoms with Gasteiger partial charge in [0.05, 0.1) is 40.8 Å². The smallest absolute Gasteiger partial charge is 0.291 e. The molecule has 2 aromatic carbocycles. The normalized spacial score (nSPS) is 18.2. The third kappa shape index (κ3) is 5.86. The molecule has 46 heavy (non-hydrogen) atoms. The van der Waals surface area contributed by atoms with Crippen LogP contribution in [-0.4, -0.2) is 97.2 Å². The van der Waals surface area contributed by atoms with Crippen LogP contribution in [0.2, 0.25) is 5.02 Å². The minimum atomic E-state index is -1.08. The van der Waals surface area contributed by atoms with Crippen molar-refractivity contribution in [3.63, 3.8) is 0 Å². The lowest BCUT2D eigenvalue weighted by Crippen LogP contribution is -2.54. The van der Waals surface area contributed by atoms with Crippen LogP contribution in [0.1, 0.15) is 33.1 Å². The Morgan fingerprint density at radius 3 is 2.35 bits per heavy atom. The fourth-order valence-corrected chi connectivity index (χ4v) is 6.09. The van der Waals surface area contributed by atoms with Crippen molar-refractivity contribution in [2.45, 2.75) is 25.5 Å². The van der Waals surface area contributed by atoms with E-state index < -0.39 is 29.7 Å². The van der Waals surface area contributed by atoms with Gasteiger partial charge in [0.25, 0.3) is 11.8 Å². The van der Waals surface area contributed by atoms with Crippen molar-refractivity contribution >= 4 is 35.0 Å². The minimum Gasteiger partial charge on any atom is -0.392 e. The molecular formula is C31H31ClF2N8O4.